The summed E-state index contributed by atoms with van der Waals surface area (Å²) >= 11 is 0. The van der Waals surface area contributed by atoms with Crippen molar-refractivity contribution in [3.63, 3.8) is 0 Å². The van der Waals surface area contributed by atoms with Gasteiger partial charge in [-0.25, -0.2) is 0 Å². The van der Waals surface area contributed by atoms with Gasteiger partial charge in [0.25, 0.3) is 0 Å². The van der Waals surface area contributed by atoms with Crippen molar-refractivity contribution in [1.82, 2.24) is 5.32 Å². The molecule has 0 bridgehead atoms. The molecule has 1 aliphatic carbocycles. The van der Waals surface area contributed by atoms with Crippen LogP contribution < -0.4 is 5.32 Å². The smallest absolute Gasteiger partial charge is 0.223 e. The molecule has 1 saturated carbocycles. The molecule has 3 nitrogen and oxygen atoms in total. The zero-order valence-electron chi connectivity index (χ0n) is 14.5. The minimum Gasteiger partial charge on any atom is -0.388 e. The molecule has 0 spiro atoms. The monoisotopic (exact) mass is 297 g/mol. The summed E-state index contributed by atoms with van der Waals surface area (Å²) in [7, 11) is 0. The molecule has 1 fully saturated rings. The van der Waals surface area contributed by atoms with Gasteiger partial charge in [0.1, 0.15) is 0 Å². The Kier molecular flexibility index (Phi) is 7.72. The van der Waals surface area contributed by atoms with E-state index in [1.54, 1.807) is 0 Å². The van der Waals surface area contributed by atoms with E-state index in [-0.39, 0.29) is 11.8 Å². The Balaban J connectivity index is 2.28. The zero-order chi connectivity index (χ0) is 15.9. The number of nitrogens with one attached hydrogen (secondary N) is 1. The number of hydrogen-bond donors (Lipinski definition) is 2. The highest BCUT2D eigenvalue weighted by Gasteiger charge is 2.28. The second-order valence-corrected chi connectivity index (χ2v) is 7.67. The number of aliphatic hydroxyl groups is 1. The summed E-state index contributed by atoms with van der Waals surface area (Å²) in [5.41, 5.74) is -0.790. The van der Waals surface area contributed by atoms with Crippen LogP contribution in [0.25, 0.3) is 0 Å². The van der Waals surface area contributed by atoms with Crippen LogP contribution in [0.4, 0.5) is 0 Å². The Morgan fingerprint density at radius 3 is 2.43 bits per heavy atom. The Bertz CT molecular complexity index is 304. The van der Waals surface area contributed by atoms with Gasteiger partial charge in [0.2, 0.25) is 5.91 Å². The minimum absolute atomic E-state index is 0.146. The van der Waals surface area contributed by atoms with Crippen LogP contribution in [-0.4, -0.2) is 23.2 Å². The predicted molar refractivity (Wildman–Crippen MR) is 88.1 cm³/mol. The second-order valence-electron chi connectivity index (χ2n) is 7.67. The van der Waals surface area contributed by atoms with Gasteiger partial charge in [-0.05, 0) is 50.9 Å². The van der Waals surface area contributed by atoms with Crippen LogP contribution in [0.15, 0.2) is 0 Å². The van der Waals surface area contributed by atoms with Crippen molar-refractivity contribution in [2.24, 2.45) is 17.8 Å². The summed E-state index contributed by atoms with van der Waals surface area (Å²) in [5, 5.41) is 13.2. The fourth-order valence-corrected chi connectivity index (χ4v) is 3.58. The molecule has 0 aliphatic heterocycles. The topological polar surface area (TPSA) is 49.3 Å². The summed E-state index contributed by atoms with van der Waals surface area (Å²) < 4.78 is 0. The van der Waals surface area contributed by atoms with E-state index < -0.39 is 5.60 Å². The number of rotatable bonds is 8. The molecule has 3 heteroatoms. The van der Waals surface area contributed by atoms with E-state index in [9.17, 15) is 9.90 Å². The van der Waals surface area contributed by atoms with E-state index in [0.29, 0.717) is 12.5 Å². The summed E-state index contributed by atoms with van der Waals surface area (Å²) in [5.74, 6) is 1.58. The van der Waals surface area contributed by atoms with Gasteiger partial charge in [-0.15, -0.1) is 0 Å². The third-order valence-electron chi connectivity index (χ3n) is 4.67. The predicted octanol–water partition coefficient (Wildman–Crippen LogP) is 3.90. The molecule has 124 valence electrons. The normalized spacial score (nSPS) is 25.6. The standard InChI is InChI=1S/C18H35NO2/c1-5-6-7-15-8-10-16(11-9-15)17(20)19-13-18(4,21)12-14(2)3/h14-16,21H,5-13H2,1-4H3,(H,19,20). The third-order valence-corrected chi connectivity index (χ3v) is 4.67. The van der Waals surface area contributed by atoms with Crippen LogP contribution in [0.2, 0.25) is 0 Å². The Labute approximate surface area is 130 Å². The van der Waals surface area contributed by atoms with Gasteiger partial charge in [-0.2, -0.15) is 0 Å². The van der Waals surface area contributed by atoms with Crippen molar-refractivity contribution in [3.05, 3.63) is 0 Å². The fourth-order valence-electron chi connectivity index (χ4n) is 3.58. The molecule has 1 unspecified atom stereocenters. The lowest BCUT2D eigenvalue weighted by Gasteiger charge is -2.30. The zero-order valence-corrected chi connectivity index (χ0v) is 14.5. The van der Waals surface area contributed by atoms with E-state index in [4.69, 9.17) is 0 Å². The minimum atomic E-state index is -0.790. The van der Waals surface area contributed by atoms with Gasteiger partial charge in [0.05, 0.1) is 5.60 Å². The molecule has 0 saturated heterocycles. The summed E-state index contributed by atoms with van der Waals surface area (Å²) in [4.78, 5) is 12.2. The first kappa shape index (κ1) is 18.5. The lowest BCUT2D eigenvalue weighted by Crippen LogP contribution is -2.44. The van der Waals surface area contributed by atoms with Gasteiger partial charge in [0, 0.05) is 12.5 Å². The van der Waals surface area contributed by atoms with E-state index in [1.165, 1.54) is 32.1 Å². The Hall–Kier alpha value is -0.570. The second kappa shape index (κ2) is 8.77. The van der Waals surface area contributed by atoms with Crippen molar-refractivity contribution < 1.29 is 9.90 Å². The number of unbranched alkanes of at least 4 members (excludes halogenated alkanes) is 1. The van der Waals surface area contributed by atoms with Crippen LogP contribution in [0.1, 0.15) is 79.1 Å². The number of carbonyl (C=O) groups excluding carboxylic acids is 1. The fraction of sp³-hybridized carbons (Fsp3) is 0.944. The lowest BCUT2D eigenvalue weighted by atomic mass is 9.79. The van der Waals surface area contributed by atoms with Crippen molar-refractivity contribution in [2.45, 2.75) is 84.7 Å². The van der Waals surface area contributed by atoms with E-state index in [1.807, 2.05) is 6.92 Å². The van der Waals surface area contributed by atoms with Crippen LogP contribution in [0, 0.1) is 17.8 Å². The summed E-state index contributed by atoms with van der Waals surface area (Å²) in [6.45, 7) is 8.61. The molecule has 1 rings (SSSR count). The van der Waals surface area contributed by atoms with Crippen LogP contribution in [-0.2, 0) is 4.79 Å². The van der Waals surface area contributed by atoms with Gasteiger partial charge < -0.3 is 10.4 Å². The van der Waals surface area contributed by atoms with Crippen molar-refractivity contribution in [1.29, 1.82) is 0 Å². The number of amides is 1. The molecule has 0 aromatic rings. The van der Waals surface area contributed by atoms with Crippen molar-refractivity contribution in [3.8, 4) is 0 Å². The van der Waals surface area contributed by atoms with Gasteiger partial charge >= 0.3 is 0 Å². The average Bonchev–Trinajstić information content (AvgIpc) is 2.42. The first-order chi connectivity index (χ1) is 9.84. The van der Waals surface area contributed by atoms with Gasteiger partial charge in [-0.3, -0.25) is 4.79 Å². The quantitative estimate of drug-likeness (QED) is 0.714. The molecule has 1 amide bonds. The molecule has 21 heavy (non-hydrogen) atoms. The van der Waals surface area contributed by atoms with E-state index in [2.05, 4.69) is 26.1 Å². The molecular formula is C18H35NO2. The maximum Gasteiger partial charge on any atom is 0.223 e. The Morgan fingerprint density at radius 2 is 1.90 bits per heavy atom. The van der Waals surface area contributed by atoms with Gasteiger partial charge in [0.15, 0.2) is 0 Å². The van der Waals surface area contributed by atoms with E-state index in [0.717, 1.165) is 25.2 Å². The highest BCUT2D eigenvalue weighted by atomic mass is 16.3. The molecule has 1 atom stereocenters. The highest BCUT2D eigenvalue weighted by Crippen LogP contribution is 2.32. The first-order valence-corrected chi connectivity index (χ1v) is 8.84. The van der Waals surface area contributed by atoms with Crippen LogP contribution in [0.5, 0.6) is 0 Å². The molecule has 0 aromatic heterocycles. The maximum atomic E-state index is 12.2. The van der Waals surface area contributed by atoms with E-state index >= 15 is 0 Å². The van der Waals surface area contributed by atoms with Crippen LogP contribution >= 0.6 is 0 Å². The van der Waals surface area contributed by atoms with Crippen molar-refractivity contribution >= 4 is 5.91 Å². The summed E-state index contributed by atoms with van der Waals surface area (Å²) in [6, 6.07) is 0. The highest BCUT2D eigenvalue weighted by molar-refractivity contribution is 5.78. The lowest BCUT2D eigenvalue weighted by molar-refractivity contribution is -0.127. The third kappa shape index (κ3) is 7.30. The number of hydrogen-bond acceptors (Lipinski definition) is 2. The SMILES string of the molecule is CCCCC1CCC(C(=O)NCC(C)(O)CC(C)C)CC1. The molecule has 2 N–H and O–H groups in total. The molecule has 0 aromatic carbocycles. The first-order valence-electron chi connectivity index (χ1n) is 8.84. The summed E-state index contributed by atoms with van der Waals surface area (Å²) in [6.07, 6.45) is 9.07. The molecular weight excluding hydrogens is 262 g/mol. The Morgan fingerprint density at radius 1 is 1.29 bits per heavy atom. The molecule has 0 heterocycles. The number of carbonyl (C=O) groups is 1. The molecule has 1 aliphatic rings. The van der Waals surface area contributed by atoms with Gasteiger partial charge in [-0.1, -0.05) is 40.0 Å². The largest absolute Gasteiger partial charge is 0.388 e. The van der Waals surface area contributed by atoms with Crippen molar-refractivity contribution in [2.75, 3.05) is 6.54 Å². The maximum absolute atomic E-state index is 12.2. The average molecular weight is 297 g/mol. The molecule has 0 radical (unpaired) electrons. The van der Waals surface area contributed by atoms with Crippen LogP contribution in [0.3, 0.4) is 0 Å².